The molecule has 1 aromatic rings. The first kappa shape index (κ1) is 10.4. The van der Waals surface area contributed by atoms with Gasteiger partial charge < -0.3 is 10.2 Å². The molecule has 0 radical (unpaired) electrons. The van der Waals surface area contributed by atoms with Crippen LogP contribution in [0.1, 0.15) is 30.0 Å². The molecule has 15 heavy (non-hydrogen) atoms. The monoisotopic (exact) mass is 205 g/mol. The average Bonchev–Trinajstić information content (AvgIpc) is 2.69. The molecule has 0 aromatic carbocycles. The fourth-order valence-electron chi connectivity index (χ4n) is 2.22. The Morgan fingerprint density at radius 1 is 1.47 bits per heavy atom. The molecule has 2 rings (SSSR count). The molecule has 1 saturated heterocycles. The molecule has 1 aliphatic heterocycles. The summed E-state index contributed by atoms with van der Waals surface area (Å²) >= 11 is 0. The fraction of sp³-hybridized carbons (Fsp3) is 0.583. The normalized spacial score (nSPS) is 20.6. The maximum absolute atomic E-state index is 4.51. The maximum Gasteiger partial charge on any atom is 0.130 e. The molecular weight excluding hydrogens is 186 g/mol. The molecule has 1 fully saturated rings. The highest BCUT2D eigenvalue weighted by atomic mass is 15.1. The van der Waals surface area contributed by atoms with Gasteiger partial charge in [-0.3, -0.25) is 0 Å². The van der Waals surface area contributed by atoms with Crippen LogP contribution >= 0.6 is 0 Å². The minimum absolute atomic E-state index is 0.521. The summed E-state index contributed by atoms with van der Waals surface area (Å²) in [5, 5.41) is 3.50. The van der Waals surface area contributed by atoms with Crippen molar-refractivity contribution in [3.8, 4) is 0 Å². The van der Waals surface area contributed by atoms with Crippen LogP contribution in [-0.4, -0.2) is 25.6 Å². The first-order chi connectivity index (χ1) is 7.18. The third-order valence-corrected chi connectivity index (χ3v) is 2.96. The molecule has 82 valence electrons. The van der Waals surface area contributed by atoms with Crippen molar-refractivity contribution in [1.82, 2.24) is 10.3 Å². The topological polar surface area (TPSA) is 28.2 Å². The molecule has 0 unspecified atom stereocenters. The molecule has 0 amide bonds. The molecule has 1 aromatic heterocycles. The Hall–Kier alpha value is -1.09. The molecule has 0 bridgehead atoms. The van der Waals surface area contributed by atoms with Crippen LogP contribution in [-0.2, 0) is 0 Å². The van der Waals surface area contributed by atoms with Crippen LogP contribution in [0.2, 0.25) is 0 Å². The van der Waals surface area contributed by atoms with Gasteiger partial charge in [0.15, 0.2) is 0 Å². The summed E-state index contributed by atoms with van der Waals surface area (Å²) in [4.78, 5) is 6.56. The minimum Gasteiger partial charge on any atom is -0.363 e. The molecule has 0 spiro atoms. The third kappa shape index (κ3) is 2.12. The highest BCUT2D eigenvalue weighted by molar-refractivity contribution is 5.46. The van der Waals surface area contributed by atoms with Gasteiger partial charge in [-0.1, -0.05) is 0 Å². The van der Waals surface area contributed by atoms with Crippen molar-refractivity contribution in [2.75, 3.05) is 25.5 Å². The van der Waals surface area contributed by atoms with Crippen molar-refractivity contribution in [2.45, 2.75) is 25.8 Å². The van der Waals surface area contributed by atoms with E-state index in [1.165, 1.54) is 24.0 Å². The zero-order valence-corrected chi connectivity index (χ0v) is 9.75. The van der Waals surface area contributed by atoms with Gasteiger partial charge in [0, 0.05) is 26.3 Å². The van der Waals surface area contributed by atoms with Crippen LogP contribution in [0.15, 0.2) is 12.3 Å². The summed E-state index contributed by atoms with van der Waals surface area (Å²) in [6.07, 6.45) is 4.52. The van der Waals surface area contributed by atoms with Gasteiger partial charge >= 0.3 is 0 Å². The van der Waals surface area contributed by atoms with Crippen LogP contribution in [0.25, 0.3) is 0 Å². The van der Waals surface area contributed by atoms with Crippen molar-refractivity contribution in [3.63, 3.8) is 0 Å². The minimum atomic E-state index is 0.521. The van der Waals surface area contributed by atoms with Crippen LogP contribution < -0.4 is 10.2 Å². The van der Waals surface area contributed by atoms with Gasteiger partial charge in [-0.2, -0.15) is 0 Å². The van der Waals surface area contributed by atoms with Gasteiger partial charge in [0.1, 0.15) is 5.82 Å². The summed E-state index contributed by atoms with van der Waals surface area (Å²) in [5.74, 6) is 1.07. The Labute approximate surface area is 91.5 Å². The van der Waals surface area contributed by atoms with Crippen molar-refractivity contribution >= 4 is 5.82 Å². The van der Waals surface area contributed by atoms with Crippen LogP contribution in [0.3, 0.4) is 0 Å². The Morgan fingerprint density at radius 3 is 2.80 bits per heavy atom. The maximum atomic E-state index is 4.51. The van der Waals surface area contributed by atoms with Crippen LogP contribution in [0.4, 0.5) is 5.82 Å². The summed E-state index contributed by atoms with van der Waals surface area (Å²) in [5.41, 5.74) is 2.59. The number of nitrogens with zero attached hydrogens (tertiary/aromatic N) is 2. The number of rotatable bonds is 2. The number of hydrogen-bond acceptors (Lipinski definition) is 3. The van der Waals surface area contributed by atoms with E-state index in [1.54, 1.807) is 0 Å². The Bertz CT molecular complexity index is 341. The lowest BCUT2D eigenvalue weighted by Crippen LogP contribution is -2.16. The van der Waals surface area contributed by atoms with E-state index in [4.69, 9.17) is 0 Å². The van der Waals surface area contributed by atoms with E-state index in [0.29, 0.717) is 6.04 Å². The highest BCUT2D eigenvalue weighted by Crippen LogP contribution is 2.25. The number of aromatic nitrogens is 1. The number of anilines is 1. The van der Waals surface area contributed by atoms with Gasteiger partial charge in [-0.05, 0) is 43.5 Å². The Morgan fingerprint density at radius 2 is 2.27 bits per heavy atom. The smallest absolute Gasteiger partial charge is 0.130 e. The average molecular weight is 205 g/mol. The summed E-state index contributed by atoms with van der Waals surface area (Å²) < 4.78 is 0. The van der Waals surface area contributed by atoms with Gasteiger partial charge in [0.25, 0.3) is 0 Å². The van der Waals surface area contributed by atoms with E-state index in [0.717, 1.165) is 12.4 Å². The van der Waals surface area contributed by atoms with E-state index >= 15 is 0 Å². The molecule has 0 aliphatic carbocycles. The largest absolute Gasteiger partial charge is 0.363 e. The lowest BCUT2D eigenvalue weighted by molar-refractivity contribution is 0.644. The summed E-state index contributed by atoms with van der Waals surface area (Å²) in [7, 11) is 4.06. The second kappa shape index (κ2) is 4.19. The molecule has 1 aliphatic rings. The van der Waals surface area contributed by atoms with Crippen molar-refractivity contribution in [1.29, 1.82) is 0 Å². The third-order valence-electron chi connectivity index (χ3n) is 2.96. The second-order valence-electron chi connectivity index (χ2n) is 4.45. The van der Waals surface area contributed by atoms with Crippen molar-refractivity contribution in [3.05, 3.63) is 23.4 Å². The second-order valence-corrected chi connectivity index (χ2v) is 4.45. The predicted molar refractivity (Wildman–Crippen MR) is 63.3 cm³/mol. The molecule has 0 saturated carbocycles. The van der Waals surface area contributed by atoms with Crippen LogP contribution in [0, 0.1) is 6.92 Å². The summed E-state index contributed by atoms with van der Waals surface area (Å²) in [6, 6.07) is 2.78. The van der Waals surface area contributed by atoms with Gasteiger partial charge in [-0.15, -0.1) is 0 Å². The van der Waals surface area contributed by atoms with Crippen LogP contribution in [0.5, 0.6) is 0 Å². The molecule has 2 heterocycles. The van der Waals surface area contributed by atoms with Gasteiger partial charge in [-0.25, -0.2) is 4.98 Å². The lowest BCUT2D eigenvalue weighted by Gasteiger charge is -2.17. The van der Waals surface area contributed by atoms with Gasteiger partial charge in [0.2, 0.25) is 0 Å². The number of pyridine rings is 1. The molecule has 1 N–H and O–H groups in total. The number of aryl methyl sites for hydroxylation is 1. The zero-order valence-electron chi connectivity index (χ0n) is 9.75. The summed E-state index contributed by atoms with van der Waals surface area (Å²) in [6.45, 7) is 3.26. The predicted octanol–water partition coefficient (Wildman–Crippen LogP) is 1.88. The van der Waals surface area contributed by atoms with E-state index in [9.17, 15) is 0 Å². The Kier molecular flexibility index (Phi) is 2.91. The highest BCUT2D eigenvalue weighted by Gasteiger charge is 2.17. The fourth-order valence-corrected chi connectivity index (χ4v) is 2.22. The quantitative estimate of drug-likeness (QED) is 0.799. The molecule has 1 atom stereocenters. The van der Waals surface area contributed by atoms with Crippen molar-refractivity contribution in [2.24, 2.45) is 0 Å². The van der Waals surface area contributed by atoms with E-state index in [1.807, 2.05) is 20.3 Å². The molecule has 3 nitrogen and oxygen atoms in total. The Balaban J connectivity index is 2.24. The van der Waals surface area contributed by atoms with E-state index in [-0.39, 0.29) is 0 Å². The lowest BCUT2D eigenvalue weighted by atomic mass is 10.1. The standard InChI is InChI=1S/C12H19N3/c1-9-7-10(11-5-4-6-13-11)8-14-12(9)15(2)3/h7-8,11,13H,4-6H2,1-3H3/t11-/m1/s1. The number of hydrogen-bond donors (Lipinski definition) is 1. The first-order valence-electron chi connectivity index (χ1n) is 5.56. The van der Waals surface area contributed by atoms with E-state index < -0.39 is 0 Å². The van der Waals surface area contributed by atoms with E-state index in [2.05, 4.69) is 28.2 Å². The van der Waals surface area contributed by atoms with Crippen molar-refractivity contribution < 1.29 is 0 Å². The zero-order chi connectivity index (χ0) is 10.8. The molecule has 3 heteroatoms. The first-order valence-corrected chi connectivity index (χ1v) is 5.56. The SMILES string of the molecule is Cc1cc([C@H]2CCCN2)cnc1N(C)C. The molecular formula is C12H19N3. The number of nitrogens with one attached hydrogen (secondary N) is 1. The van der Waals surface area contributed by atoms with Gasteiger partial charge in [0.05, 0.1) is 0 Å².